The van der Waals surface area contributed by atoms with E-state index in [1.54, 1.807) is 11.1 Å². The zero-order valence-electron chi connectivity index (χ0n) is 8.00. The summed E-state index contributed by atoms with van der Waals surface area (Å²) in [5.74, 6) is -0.808. The third-order valence-corrected chi connectivity index (χ3v) is 1.49. The fourth-order valence-electron chi connectivity index (χ4n) is 0.906. The summed E-state index contributed by atoms with van der Waals surface area (Å²) < 4.78 is 0. The van der Waals surface area contributed by atoms with Gasteiger partial charge in [0.15, 0.2) is 0 Å². The van der Waals surface area contributed by atoms with Crippen molar-refractivity contribution in [3.05, 3.63) is 11.8 Å². The standard InChI is InChI=1S/C9H17NO2/c1-4-5-6-8(9(11)12)7-10(2)3/h7H,4-6H2,1-3H3,(H,11,12). The lowest BCUT2D eigenvalue weighted by molar-refractivity contribution is -0.132. The highest BCUT2D eigenvalue weighted by atomic mass is 16.4. The van der Waals surface area contributed by atoms with E-state index in [2.05, 4.69) is 6.92 Å². The Morgan fingerprint density at radius 1 is 1.50 bits per heavy atom. The molecule has 0 rings (SSSR count). The molecule has 0 bridgehead atoms. The van der Waals surface area contributed by atoms with Gasteiger partial charge in [0.25, 0.3) is 0 Å². The lowest BCUT2D eigenvalue weighted by Gasteiger charge is -2.07. The highest BCUT2D eigenvalue weighted by Gasteiger charge is 2.05. The SMILES string of the molecule is CCCCC(=CN(C)C)C(=O)O. The van der Waals surface area contributed by atoms with E-state index < -0.39 is 5.97 Å². The van der Waals surface area contributed by atoms with Gasteiger partial charge in [-0.05, 0) is 12.8 Å². The molecule has 0 saturated carbocycles. The average Bonchev–Trinajstić information content (AvgIpc) is 1.96. The summed E-state index contributed by atoms with van der Waals surface area (Å²) in [4.78, 5) is 12.4. The molecule has 0 aromatic rings. The fourth-order valence-corrected chi connectivity index (χ4v) is 0.906. The molecule has 0 atom stereocenters. The smallest absolute Gasteiger partial charge is 0.333 e. The fraction of sp³-hybridized carbons (Fsp3) is 0.667. The van der Waals surface area contributed by atoms with Crippen molar-refractivity contribution in [2.45, 2.75) is 26.2 Å². The van der Waals surface area contributed by atoms with Gasteiger partial charge in [0.1, 0.15) is 0 Å². The van der Waals surface area contributed by atoms with Crippen molar-refractivity contribution in [3.8, 4) is 0 Å². The molecule has 3 heteroatoms. The summed E-state index contributed by atoms with van der Waals surface area (Å²) in [7, 11) is 3.66. The number of hydrogen-bond donors (Lipinski definition) is 1. The van der Waals surface area contributed by atoms with Gasteiger partial charge < -0.3 is 10.0 Å². The number of rotatable bonds is 5. The first-order valence-corrected chi connectivity index (χ1v) is 4.18. The van der Waals surface area contributed by atoms with Crippen LogP contribution in [0.15, 0.2) is 11.8 Å². The van der Waals surface area contributed by atoms with Crippen LogP contribution in [0.3, 0.4) is 0 Å². The number of nitrogens with zero attached hydrogens (tertiary/aromatic N) is 1. The van der Waals surface area contributed by atoms with Gasteiger partial charge in [-0.25, -0.2) is 4.79 Å². The Morgan fingerprint density at radius 2 is 2.08 bits per heavy atom. The van der Waals surface area contributed by atoms with Crippen molar-refractivity contribution in [1.82, 2.24) is 4.90 Å². The molecule has 0 radical (unpaired) electrons. The summed E-state index contributed by atoms with van der Waals surface area (Å²) in [6, 6.07) is 0. The van der Waals surface area contributed by atoms with Crippen molar-refractivity contribution >= 4 is 5.97 Å². The summed E-state index contributed by atoms with van der Waals surface area (Å²) in [6.45, 7) is 2.05. The molecular weight excluding hydrogens is 154 g/mol. The third kappa shape index (κ3) is 4.77. The second kappa shape index (κ2) is 5.63. The van der Waals surface area contributed by atoms with Crippen molar-refractivity contribution in [2.24, 2.45) is 0 Å². The van der Waals surface area contributed by atoms with Crippen LogP contribution in [0, 0.1) is 0 Å². The molecule has 0 saturated heterocycles. The molecule has 0 fully saturated rings. The average molecular weight is 171 g/mol. The van der Waals surface area contributed by atoms with Crippen LogP contribution in [0.2, 0.25) is 0 Å². The zero-order chi connectivity index (χ0) is 9.56. The van der Waals surface area contributed by atoms with Crippen LogP contribution in [-0.2, 0) is 4.79 Å². The minimum absolute atomic E-state index is 0.488. The first-order chi connectivity index (χ1) is 5.57. The van der Waals surface area contributed by atoms with E-state index in [0.717, 1.165) is 12.8 Å². The largest absolute Gasteiger partial charge is 0.478 e. The number of aliphatic carboxylic acids is 1. The van der Waals surface area contributed by atoms with Crippen molar-refractivity contribution in [1.29, 1.82) is 0 Å². The topological polar surface area (TPSA) is 40.5 Å². The lowest BCUT2D eigenvalue weighted by Crippen LogP contribution is -2.08. The molecular formula is C9H17NO2. The quantitative estimate of drug-likeness (QED) is 0.640. The predicted octanol–water partition coefficient (Wildman–Crippen LogP) is 1.71. The van der Waals surface area contributed by atoms with Crippen LogP contribution in [0.5, 0.6) is 0 Å². The van der Waals surface area contributed by atoms with Crippen LogP contribution < -0.4 is 0 Å². The zero-order valence-corrected chi connectivity index (χ0v) is 8.00. The van der Waals surface area contributed by atoms with Crippen LogP contribution in [0.4, 0.5) is 0 Å². The maximum atomic E-state index is 10.6. The number of carboxylic acids is 1. The predicted molar refractivity (Wildman–Crippen MR) is 48.9 cm³/mol. The van der Waals surface area contributed by atoms with Crippen LogP contribution >= 0.6 is 0 Å². The normalized spacial score (nSPS) is 11.4. The van der Waals surface area contributed by atoms with E-state index in [9.17, 15) is 4.79 Å². The lowest BCUT2D eigenvalue weighted by atomic mass is 10.1. The minimum Gasteiger partial charge on any atom is -0.478 e. The van der Waals surface area contributed by atoms with E-state index in [1.807, 2.05) is 14.1 Å². The van der Waals surface area contributed by atoms with Gasteiger partial charge in [0, 0.05) is 20.3 Å². The van der Waals surface area contributed by atoms with E-state index in [-0.39, 0.29) is 0 Å². The van der Waals surface area contributed by atoms with E-state index >= 15 is 0 Å². The van der Waals surface area contributed by atoms with Crippen LogP contribution in [-0.4, -0.2) is 30.1 Å². The van der Waals surface area contributed by atoms with Crippen molar-refractivity contribution in [2.75, 3.05) is 14.1 Å². The highest BCUT2D eigenvalue weighted by molar-refractivity contribution is 5.86. The van der Waals surface area contributed by atoms with Gasteiger partial charge in [-0.1, -0.05) is 13.3 Å². The molecule has 0 spiro atoms. The van der Waals surface area contributed by atoms with Crippen molar-refractivity contribution in [3.63, 3.8) is 0 Å². The van der Waals surface area contributed by atoms with Gasteiger partial charge >= 0.3 is 5.97 Å². The van der Waals surface area contributed by atoms with Crippen molar-refractivity contribution < 1.29 is 9.90 Å². The number of hydrogen-bond acceptors (Lipinski definition) is 2. The summed E-state index contributed by atoms with van der Waals surface area (Å²) in [5.41, 5.74) is 0.488. The number of unbranched alkanes of at least 4 members (excludes halogenated alkanes) is 1. The summed E-state index contributed by atoms with van der Waals surface area (Å²) >= 11 is 0. The first kappa shape index (κ1) is 11.0. The van der Waals surface area contributed by atoms with Gasteiger partial charge in [-0.2, -0.15) is 0 Å². The van der Waals surface area contributed by atoms with E-state index in [1.165, 1.54) is 0 Å². The van der Waals surface area contributed by atoms with E-state index in [0.29, 0.717) is 12.0 Å². The Morgan fingerprint density at radius 3 is 2.42 bits per heavy atom. The van der Waals surface area contributed by atoms with E-state index in [4.69, 9.17) is 5.11 Å². The Kier molecular flexibility index (Phi) is 5.17. The second-order valence-electron chi connectivity index (χ2n) is 3.03. The summed E-state index contributed by atoms with van der Waals surface area (Å²) in [5, 5.41) is 8.75. The molecule has 70 valence electrons. The maximum Gasteiger partial charge on any atom is 0.333 e. The molecule has 0 aliphatic rings. The third-order valence-electron chi connectivity index (χ3n) is 1.49. The minimum atomic E-state index is -0.808. The molecule has 0 aromatic heterocycles. The molecule has 12 heavy (non-hydrogen) atoms. The molecule has 0 aromatic carbocycles. The second-order valence-corrected chi connectivity index (χ2v) is 3.03. The Hall–Kier alpha value is -0.990. The van der Waals surface area contributed by atoms with Gasteiger partial charge in [0.05, 0.1) is 5.57 Å². The monoisotopic (exact) mass is 171 g/mol. The van der Waals surface area contributed by atoms with Gasteiger partial charge in [-0.3, -0.25) is 0 Å². The Balaban J connectivity index is 4.13. The molecule has 0 unspecified atom stereocenters. The van der Waals surface area contributed by atoms with Gasteiger partial charge in [-0.15, -0.1) is 0 Å². The molecule has 0 amide bonds. The maximum absolute atomic E-state index is 10.6. The number of carboxylic acid groups (broad SMARTS) is 1. The summed E-state index contributed by atoms with van der Waals surface area (Å²) in [6.07, 6.45) is 4.28. The van der Waals surface area contributed by atoms with Gasteiger partial charge in [0.2, 0.25) is 0 Å². The molecule has 0 heterocycles. The molecule has 0 aliphatic heterocycles. The Labute approximate surface area is 73.7 Å². The first-order valence-electron chi connectivity index (χ1n) is 4.18. The molecule has 0 aliphatic carbocycles. The number of carbonyl (C=O) groups is 1. The van der Waals surface area contributed by atoms with Crippen LogP contribution in [0.1, 0.15) is 26.2 Å². The highest BCUT2D eigenvalue weighted by Crippen LogP contribution is 2.07. The van der Waals surface area contributed by atoms with Crippen LogP contribution in [0.25, 0.3) is 0 Å². The Bertz CT molecular complexity index is 173. The molecule has 1 N–H and O–H groups in total. The molecule has 3 nitrogen and oxygen atoms in total.